The molecule has 0 spiro atoms. The Kier molecular flexibility index (Phi) is 3.61. The molecule has 0 aromatic heterocycles. The minimum Gasteiger partial charge on any atom is -0.469 e. The molecule has 80 valence electrons. The van der Waals surface area contributed by atoms with Crippen LogP contribution in [0.5, 0.6) is 0 Å². The van der Waals surface area contributed by atoms with Gasteiger partial charge in [0.15, 0.2) is 0 Å². The second-order valence-corrected chi connectivity index (χ2v) is 3.27. The van der Waals surface area contributed by atoms with E-state index in [1.54, 1.807) is 13.0 Å². The third-order valence-electron chi connectivity index (χ3n) is 2.23. The first-order valence-electron chi connectivity index (χ1n) is 4.59. The zero-order valence-corrected chi connectivity index (χ0v) is 8.79. The topological polar surface area (TPSA) is 26.3 Å². The highest BCUT2D eigenvalue weighted by Crippen LogP contribution is 2.20. The Morgan fingerprint density at radius 2 is 2.20 bits per heavy atom. The van der Waals surface area contributed by atoms with Gasteiger partial charge >= 0.3 is 5.97 Å². The standard InChI is InChI=1S/C12H13FO2/c1-4-9-5-10(7-11(13)6-9)8(2)12(14)15-3/h4-8H,1H2,2-3H3. The molecule has 0 aliphatic carbocycles. The van der Waals surface area contributed by atoms with Crippen molar-refractivity contribution in [1.82, 2.24) is 0 Å². The first kappa shape index (κ1) is 11.4. The first-order chi connectivity index (χ1) is 7.08. The lowest BCUT2D eigenvalue weighted by atomic mass is 9.99. The molecule has 0 amide bonds. The van der Waals surface area contributed by atoms with Crippen LogP contribution in [0.25, 0.3) is 6.08 Å². The van der Waals surface area contributed by atoms with Crippen molar-refractivity contribution in [2.75, 3.05) is 7.11 Å². The molecule has 0 saturated carbocycles. The second kappa shape index (κ2) is 4.73. The Bertz CT molecular complexity index is 385. The summed E-state index contributed by atoms with van der Waals surface area (Å²) in [6, 6.07) is 4.41. The van der Waals surface area contributed by atoms with E-state index in [0.29, 0.717) is 11.1 Å². The van der Waals surface area contributed by atoms with Gasteiger partial charge < -0.3 is 4.74 Å². The molecule has 0 aliphatic heterocycles. The zero-order valence-electron chi connectivity index (χ0n) is 8.79. The Balaban J connectivity index is 3.08. The Morgan fingerprint density at radius 3 is 2.73 bits per heavy atom. The summed E-state index contributed by atoms with van der Waals surface area (Å²) >= 11 is 0. The summed E-state index contributed by atoms with van der Waals surface area (Å²) in [4.78, 5) is 11.3. The summed E-state index contributed by atoms with van der Waals surface area (Å²) in [6.07, 6.45) is 1.54. The maximum absolute atomic E-state index is 13.1. The van der Waals surface area contributed by atoms with Crippen molar-refractivity contribution in [3.8, 4) is 0 Å². The van der Waals surface area contributed by atoms with Gasteiger partial charge in [-0.1, -0.05) is 18.7 Å². The average Bonchev–Trinajstić information content (AvgIpc) is 2.26. The molecule has 0 N–H and O–H groups in total. The lowest BCUT2D eigenvalue weighted by Gasteiger charge is -2.10. The van der Waals surface area contributed by atoms with Gasteiger partial charge in [-0.25, -0.2) is 4.39 Å². The van der Waals surface area contributed by atoms with E-state index in [1.807, 2.05) is 0 Å². The van der Waals surface area contributed by atoms with Crippen LogP contribution in [-0.4, -0.2) is 13.1 Å². The fourth-order valence-corrected chi connectivity index (χ4v) is 1.32. The highest BCUT2D eigenvalue weighted by molar-refractivity contribution is 5.77. The fourth-order valence-electron chi connectivity index (χ4n) is 1.32. The van der Waals surface area contributed by atoms with Gasteiger partial charge in [-0.3, -0.25) is 4.79 Å². The summed E-state index contributed by atoms with van der Waals surface area (Å²) in [5, 5.41) is 0. The fraction of sp³-hybridized carbons (Fsp3) is 0.250. The number of methoxy groups -OCH3 is 1. The number of carbonyl (C=O) groups is 1. The molecule has 1 aromatic carbocycles. The van der Waals surface area contributed by atoms with Crippen molar-refractivity contribution in [3.63, 3.8) is 0 Å². The van der Waals surface area contributed by atoms with Crippen LogP contribution in [0.1, 0.15) is 24.0 Å². The molecule has 1 rings (SSSR count). The summed E-state index contributed by atoms with van der Waals surface area (Å²) in [5.74, 6) is -1.22. The van der Waals surface area contributed by atoms with Crippen LogP contribution in [-0.2, 0) is 9.53 Å². The van der Waals surface area contributed by atoms with Crippen molar-refractivity contribution in [2.45, 2.75) is 12.8 Å². The maximum atomic E-state index is 13.1. The van der Waals surface area contributed by atoms with Crippen molar-refractivity contribution in [3.05, 3.63) is 41.7 Å². The largest absolute Gasteiger partial charge is 0.469 e. The van der Waals surface area contributed by atoms with E-state index in [4.69, 9.17) is 0 Å². The predicted molar refractivity (Wildman–Crippen MR) is 56.9 cm³/mol. The van der Waals surface area contributed by atoms with Gasteiger partial charge in [-0.2, -0.15) is 0 Å². The molecule has 15 heavy (non-hydrogen) atoms. The van der Waals surface area contributed by atoms with Crippen molar-refractivity contribution in [2.24, 2.45) is 0 Å². The smallest absolute Gasteiger partial charge is 0.312 e. The van der Waals surface area contributed by atoms with E-state index >= 15 is 0 Å². The summed E-state index contributed by atoms with van der Waals surface area (Å²) < 4.78 is 17.7. The van der Waals surface area contributed by atoms with E-state index < -0.39 is 5.92 Å². The summed E-state index contributed by atoms with van der Waals surface area (Å²) in [5.41, 5.74) is 1.25. The Morgan fingerprint density at radius 1 is 1.53 bits per heavy atom. The number of benzene rings is 1. The molecule has 0 radical (unpaired) electrons. The maximum Gasteiger partial charge on any atom is 0.312 e. The van der Waals surface area contributed by atoms with E-state index in [1.165, 1.54) is 25.3 Å². The molecule has 0 fully saturated rings. The minimum atomic E-state index is -0.468. The Labute approximate surface area is 88.4 Å². The molecule has 1 unspecified atom stereocenters. The van der Waals surface area contributed by atoms with E-state index in [0.717, 1.165) is 0 Å². The molecule has 0 heterocycles. The third-order valence-corrected chi connectivity index (χ3v) is 2.23. The number of hydrogen-bond acceptors (Lipinski definition) is 2. The van der Waals surface area contributed by atoms with Crippen LogP contribution in [0.15, 0.2) is 24.8 Å². The van der Waals surface area contributed by atoms with Gasteiger partial charge in [0.25, 0.3) is 0 Å². The molecule has 0 bridgehead atoms. The van der Waals surface area contributed by atoms with Crippen LogP contribution >= 0.6 is 0 Å². The predicted octanol–water partition coefficient (Wildman–Crippen LogP) is 2.75. The van der Waals surface area contributed by atoms with E-state index in [-0.39, 0.29) is 11.8 Å². The van der Waals surface area contributed by atoms with Gasteiger partial charge in [0.2, 0.25) is 0 Å². The first-order valence-corrected chi connectivity index (χ1v) is 4.59. The van der Waals surface area contributed by atoms with E-state index in [2.05, 4.69) is 11.3 Å². The zero-order chi connectivity index (χ0) is 11.4. The number of ether oxygens (including phenoxy) is 1. The van der Waals surface area contributed by atoms with Gasteiger partial charge in [0.05, 0.1) is 13.0 Å². The lowest BCUT2D eigenvalue weighted by Crippen LogP contribution is -2.11. The normalized spacial score (nSPS) is 11.9. The number of esters is 1. The molecule has 0 aliphatic rings. The molecule has 0 saturated heterocycles. The van der Waals surface area contributed by atoms with Gasteiger partial charge in [0, 0.05) is 0 Å². The molecule has 1 atom stereocenters. The van der Waals surface area contributed by atoms with Crippen LogP contribution in [0.2, 0.25) is 0 Å². The average molecular weight is 208 g/mol. The molecular formula is C12H13FO2. The Hall–Kier alpha value is -1.64. The van der Waals surface area contributed by atoms with Crippen LogP contribution < -0.4 is 0 Å². The van der Waals surface area contributed by atoms with Crippen molar-refractivity contribution < 1.29 is 13.9 Å². The lowest BCUT2D eigenvalue weighted by molar-refractivity contribution is -0.141. The van der Waals surface area contributed by atoms with Crippen LogP contribution in [0.3, 0.4) is 0 Å². The molecule has 2 nitrogen and oxygen atoms in total. The van der Waals surface area contributed by atoms with Crippen LogP contribution in [0, 0.1) is 5.82 Å². The minimum absolute atomic E-state index is 0.377. The highest BCUT2D eigenvalue weighted by Gasteiger charge is 2.16. The summed E-state index contributed by atoms with van der Waals surface area (Å²) in [7, 11) is 1.31. The van der Waals surface area contributed by atoms with Gasteiger partial charge in [0.1, 0.15) is 5.82 Å². The second-order valence-electron chi connectivity index (χ2n) is 3.27. The quantitative estimate of drug-likeness (QED) is 0.714. The molecular weight excluding hydrogens is 195 g/mol. The number of hydrogen-bond donors (Lipinski definition) is 0. The third kappa shape index (κ3) is 2.65. The summed E-state index contributed by atoms with van der Waals surface area (Å²) in [6.45, 7) is 5.23. The number of carbonyl (C=O) groups excluding carboxylic acids is 1. The monoisotopic (exact) mass is 208 g/mol. The van der Waals surface area contributed by atoms with Crippen molar-refractivity contribution in [1.29, 1.82) is 0 Å². The van der Waals surface area contributed by atoms with E-state index in [9.17, 15) is 9.18 Å². The van der Waals surface area contributed by atoms with Gasteiger partial charge in [-0.15, -0.1) is 0 Å². The number of halogens is 1. The van der Waals surface area contributed by atoms with Gasteiger partial charge in [-0.05, 0) is 30.2 Å². The van der Waals surface area contributed by atoms with Crippen molar-refractivity contribution >= 4 is 12.0 Å². The highest BCUT2D eigenvalue weighted by atomic mass is 19.1. The molecule has 1 aromatic rings. The van der Waals surface area contributed by atoms with Crippen LogP contribution in [0.4, 0.5) is 4.39 Å². The SMILES string of the molecule is C=Cc1cc(F)cc(C(C)C(=O)OC)c1. The molecule has 3 heteroatoms. The number of rotatable bonds is 3.